The van der Waals surface area contributed by atoms with Gasteiger partial charge in [0.2, 0.25) is 0 Å². The zero-order chi connectivity index (χ0) is 17.2. The molecule has 1 atom stereocenters. The maximum Gasteiger partial charge on any atom is 0.260 e. The van der Waals surface area contributed by atoms with Gasteiger partial charge in [-0.15, -0.1) is 11.3 Å². The lowest BCUT2D eigenvalue weighted by Gasteiger charge is -2.08. The molecule has 1 aliphatic heterocycles. The molecular weight excluding hydrogens is 359 g/mol. The van der Waals surface area contributed by atoms with Gasteiger partial charge in [0.25, 0.3) is 5.56 Å². The predicted molar refractivity (Wildman–Crippen MR) is 101 cm³/mol. The van der Waals surface area contributed by atoms with E-state index < -0.39 is 0 Å². The van der Waals surface area contributed by atoms with E-state index in [1.807, 2.05) is 5.38 Å². The SMILES string of the molecule is O=c1[nH]c(CSCC2CCCO2)nc2scc(-c3ccc(F)cc3)c12. The zero-order valence-electron chi connectivity index (χ0n) is 13.5. The number of H-pyrrole nitrogens is 1. The molecule has 25 heavy (non-hydrogen) atoms. The molecule has 3 heterocycles. The normalized spacial score (nSPS) is 17.4. The fourth-order valence-electron chi connectivity index (χ4n) is 2.97. The van der Waals surface area contributed by atoms with Gasteiger partial charge in [-0.3, -0.25) is 4.79 Å². The third-order valence-electron chi connectivity index (χ3n) is 4.21. The van der Waals surface area contributed by atoms with Gasteiger partial charge in [-0.2, -0.15) is 11.8 Å². The highest BCUT2D eigenvalue weighted by atomic mass is 32.2. The number of thioether (sulfide) groups is 1. The summed E-state index contributed by atoms with van der Waals surface area (Å²) in [6.45, 7) is 0.855. The second-order valence-electron chi connectivity index (χ2n) is 6.00. The minimum absolute atomic E-state index is 0.140. The van der Waals surface area contributed by atoms with E-state index >= 15 is 0 Å². The van der Waals surface area contributed by atoms with Gasteiger partial charge in [-0.05, 0) is 30.5 Å². The molecule has 3 aromatic rings. The summed E-state index contributed by atoms with van der Waals surface area (Å²) in [5, 5.41) is 2.48. The third kappa shape index (κ3) is 3.63. The number of ether oxygens (including phenoxy) is 1. The Kier molecular flexibility index (Phi) is 4.87. The molecule has 0 spiro atoms. The average molecular weight is 376 g/mol. The van der Waals surface area contributed by atoms with Crippen molar-refractivity contribution in [3.05, 3.63) is 51.6 Å². The Hall–Kier alpha value is -1.70. The molecule has 1 aliphatic rings. The lowest BCUT2D eigenvalue weighted by molar-refractivity contribution is 0.129. The Bertz CT molecular complexity index is 930. The van der Waals surface area contributed by atoms with Gasteiger partial charge in [-0.1, -0.05) is 12.1 Å². The first-order valence-electron chi connectivity index (χ1n) is 8.16. The summed E-state index contributed by atoms with van der Waals surface area (Å²) >= 11 is 3.17. The van der Waals surface area contributed by atoms with Gasteiger partial charge in [0.05, 0.1) is 17.2 Å². The molecule has 4 rings (SSSR count). The Balaban J connectivity index is 1.56. The van der Waals surface area contributed by atoms with Gasteiger partial charge in [0.15, 0.2) is 0 Å². The first-order valence-corrected chi connectivity index (χ1v) is 10.2. The molecule has 0 aliphatic carbocycles. The summed E-state index contributed by atoms with van der Waals surface area (Å²) in [5.41, 5.74) is 1.48. The monoisotopic (exact) mass is 376 g/mol. The van der Waals surface area contributed by atoms with Crippen molar-refractivity contribution in [2.24, 2.45) is 0 Å². The molecule has 1 N–H and O–H groups in total. The number of hydrogen-bond donors (Lipinski definition) is 1. The Morgan fingerprint density at radius 2 is 2.20 bits per heavy atom. The molecule has 0 saturated carbocycles. The van der Waals surface area contributed by atoms with Crippen LogP contribution in [0.15, 0.2) is 34.4 Å². The summed E-state index contributed by atoms with van der Waals surface area (Å²) in [5.74, 6) is 1.98. The largest absolute Gasteiger partial charge is 0.377 e. The van der Waals surface area contributed by atoms with Crippen LogP contribution in [0.4, 0.5) is 4.39 Å². The second kappa shape index (κ2) is 7.27. The van der Waals surface area contributed by atoms with Crippen LogP contribution >= 0.6 is 23.1 Å². The molecule has 0 amide bonds. The van der Waals surface area contributed by atoms with Crippen LogP contribution in [-0.2, 0) is 10.5 Å². The van der Waals surface area contributed by atoms with Gasteiger partial charge >= 0.3 is 0 Å². The number of aromatic amines is 1. The van der Waals surface area contributed by atoms with E-state index in [2.05, 4.69) is 9.97 Å². The second-order valence-corrected chi connectivity index (χ2v) is 7.89. The van der Waals surface area contributed by atoms with E-state index in [0.717, 1.165) is 41.2 Å². The van der Waals surface area contributed by atoms with Crippen LogP contribution in [0.25, 0.3) is 21.3 Å². The topological polar surface area (TPSA) is 55.0 Å². The molecule has 4 nitrogen and oxygen atoms in total. The summed E-state index contributed by atoms with van der Waals surface area (Å²) < 4.78 is 18.7. The molecule has 2 aromatic heterocycles. The fourth-order valence-corrected chi connectivity index (χ4v) is 4.91. The maximum atomic E-state index is 13.1. The van der Waals surface area contributed by atoms with Crippen molar-refractivity contribution in [1.82, 2.24) is 9.97 Å². The molecule has 0 radical (unpaired) electrons. The van der Waals surface area contributed by atoms with Crippen molar-refractivity contribution in [3.8, 4) is 11.1 Å². The van der Waals surface area contributed by atoms with Crippen LogP contribution in [0, 0.1) is 5.82 Å². The smallest absolute Gasteiger partial charge is 0.260 e. The highest BCUT2D eigenvalue weighted by Gasteiger charge is 2.16. The zero-order valence-corrected chi connectivity index (χ0v) is 15.1. The predicted octanol–water partition coefficient (Wildman–Crippen LogP) is 4.20. The molecular formula is C18H17FN2O2S2. The fraction of sp³-hybridized carbons (Fsp3) is 0.333. The number of benzene rings is 1. The number of halogens is 1. The molecule has 1 fully saturated rings. The van der Waals surface area contributed by atoms with Crippen LogP contribution in [-0.4, -0.2) is 28.4 Å². The molecule has 1 unspecified atom stereocenters. The van der Waals surface area contributed by atoms with Gasteiger partial charge in [0, 0.05) is 23.3 Å². The van der Waals surface area contributed by atoms with Crippen molar-refractivity contribution in [3.63, 3.8) is 0 Å². The highest BCUT2D eigenvalue weighted by Crippen LogP contribution is 2.31. The number of hydrogen-bond acceptors (Lipinski definition) is 5. The average Bonchev–Trinajstić information content (AvgIpc) is 3.25. The Morgan fingerprint density at radius 1 is 1.36 bits per heavy atom. The lowest BCUT2D eigenvalue weighted by atomic mass is 10.1. The number of fused-ring (bicyclic) bond motifs is 1. The van der Waals surface area contributed by atoms with E-state index in [9.17, 15) is 9.18 Å². The van der Waals surface area contributed by atoms with Gasteiger partial charge in [-0.25, -0.2) is 9.37 Å². The van der Waals surface area contributed by atoms with Crippen LogP contribution in [0.2, 0.25) is 0 Å². The standard InChI is InChI=1S/C18H17FN2O2S2/c19-12-5-3-11(4-6-12)14-9-25-18-16(14)17(22)20-15(21-18)10-24-8-13-2-1-7-23-13/h3-6,9,13H,1-2,7-8,10H2,(H,20,21,22). The van der Waals surface area contributed by atoms with Crippen LogP contribution in [0.5, 0.6) is 0 Å². The molecule has 0 bridgehead atoms. The highest BCUT2D eigenvalue weighted by molar-refractivity contribution is 7.98. The summed E-state index contributed by atoms with van der Waals surface area (Å²) in [7, 11) is 0. The summed E-state index contributed by atoms with van der Waals surface area (Å²) in [6, 6.07) is 6.16. The quantitative estimate of drug-likeness (QED) is 0.725. The number of rotatable bonds is 5. The van der Waals surface area contributed by atoms with E-state index in [1.165, 1.54) is 23.5 Å². The van der Waals surface area contributed by atoms with Crippen molar-refractivity contribution >= 4 is 33.3 Å². The summed E-state index contributed by atoms with van der Waals surface area (Å²) in [6.07, 6.45) is 2.57. The molecule has 7 heteroatoms. The van der Waals surface area contributed by atoms with Crippen LogP contribution in [0.1, 0.15) is 18.7 Å². The van der Waals surface area contributed by atoms with Crippen LogP contribution in [0.3, 0.4) is 0 Å². The van der Waals surface area contributed by atoms with Crippen molar-refractivity contribution in [2.45, 2.75) is 24.7 Å². The van der Waals surface area contributed by atoms with Gasteiger partial charge in [0.1, 0.15) is 16.5 Å². The molecule has 1 saturated heterocycles. The van der Waals surface area contributed by atoms with Gasteiger partial charge < -0.3 is 9.72 Å². The number of aromatic nitrogens is 2. The first-order chi connectivity index (χ1) is 12.2. The van der Waals surface area contributed by atoms with E-state index in [1.54, 1.807) is 23.9 Å². The maximum absolute atomic E-state index is 13.1. The Morgan fingerprint density at radius 3 is 2.96 bits per heavy atom. The van der Waals surface area contributed by atoms with Crippen molar-refractivity contribution in [2.75, 3.05) is 12.4 Å². The molecule has 1 aromatic carbocycles. The minimum Gasteiger partial charge on any atom is -0.377 e. The van der Waals surface area contributed by atoms with E-state index in [4.69, 9.17) is 4.74 Å². The lowest BCUT2D eigenvalue weighted by Crippen LogP contribution is -2.12. The third-order valence-corrected chi connectivity index (χ3v) is 6.17. The first kappa shape index (κ1) is 16.8. The number of nitrogens with one attached hydrogen (secondary N) is 1. The van der Waals surface area contributed by atoms with Crippen molar-refractivity contribution in [1.29, 1.82) is 0 Å². The molecule has 130 valence electrons. The number of thiophene rings is 1. The number of nitrogens with zero attached hydrogens (tertiary/aromatic N) is 1. The Labute approximate surface area is 152 Å². The van der Waals surface area contributed by atoms with E-state index in [-0.39, 0.29) is 11.4 Å². The van der Waals surface area contributed by atoms with E-state index in [0.29, 0.717) is 23.1 Å². The van der Waals surface area contributed by atoms with Crippen LogP contribution < -0.4 is 5.56 Å². The van der Waals surface area contributed by atoms with Crippen molar-refractivity contribution < 1.29 is 9.13 Å². The minimum atomic E-state index is -0.291. The summed E-state index contributed by atoms with van der Waals surface area (Å²) in [4.78, 5) is 20.7.